The Bertz CT molecular complexity index is 710. The number of rotatable bonds is 4. The molecule has 0 radical (unpaired) electrons. The summed E-state index contributed by atoms with van der Waals surface area (Å²) in [6, 6.07) is 4.40. The summed E-state index contributed by atoms with van der Waals surface area (Å²) in [4.78, 5) is 14.2. The molecule has 0 saturated heterocycles. The van der Waals surface area contributed by atoms with E-state index in [1.807, 2.05) is 29.1 Å². The van der Waals surface area contributed by atoms with Crippen LogP contribution in [0.2, 0.25) is 0 Å². The van der Waals surface area contributed by atoms with Crippen LogP contribution in [0, 0.1) is 11.8 Å². The standard InChI is InChI=1S/C15H16N2O2S/c18-10-2-1-3-13-6-7-14(20-13)11-16-8-9-17(15(16)19)12-4-5-12/h6-9,12,18H,2,4-5,10-11H2. The molecular formula is C15H16N2O2S. The number of imidazole rings is 1. The Morgan fingerprint density at radius 2 is 2.20 bits per heavy atom. The van der Waals surface area contributed by atoms with E-state index in [0.29, 0.717) is 19.0 Å². The molecule has 0 aliphatic heterocycles. The molecule has 1 saturated carbocycles. The highest BCUT2D eigenvalue weighted by Gasteiger charge is 2.25. The van der Waals surface area contributed by atoms with E-state index >= 15 is 0 Å². The molecule has 1 N–H and O–H groups in total. The summed E-state index contributed by atoms with van der Waals surface area (Å²) in [7, 11) is 0. The SMILES string of the molecule is O=c1n(Cc2ccc(C#CCCO)s2)ccn1C1CC1. The molecule has 3 rings (SSSR count). The van der Waals surface area contributed by atoms with Gasteiger partial charge in [-0.25, -0.2) is 4.79 Å². The number of nitrogens with zero attached hydrogens (tertiary/aromatic N) is 2. The van der Waals surface area contributed by atoms with E-state index in [-0.39, 0.29) is 12.3 Å². The normalized spacial score (nSPS) is 14.1. The highest BCUT2D eigenvalue weighted by Crippen LogP contribution is 2.33. The molecule has 0 unspecified atom stereocenters. The number of aromatic nitrogens is 2. The molecule has 4 nitrogen and oxygen atoms in total. The number of thiophene rings is 1. The van der Waals surface area contributed by atoms with E-state index in [2.05, 4.69) is 11.8 Å². The van der Waals surface area contributed by atoms with E-state index in [4.69, 9.17) is 5.11 Å². The summed E-state index contributed by atoms with van der Waals surface area (Å²) in [5.41, 5.74) is 0.0776. The third-order valence-corrected chi connectivity index (χ3v) is 4.24. The molecule has 20 heavy (non-hydrogen) atoms. The number of aliphatic hydroxyl groups is 1. The Kier molecular flexibility index (Phi) is 3.77. The second-order valence-corrected chi connectivity index (χ2v) is 6.06. The van der Waals surface area contributed by atoms with Gasteiger partial charge in [0, 0.05) is 29.7 Å². The summed E-state index contributed by atoms with van der Waals surface area (Å²) < 4.78 is 3.57. The van der Waals surface area contributed by atoms with Crippen LogP contribution in [0.1, 0.15) is 35.1 Å². The van der Waals surface area contributed by atoms with Crippen molar-refractivity contribution in [2.45, 2.75) is 31.8 Å². The Morgan fingerprint density at radius 3 is 2.95 bits per heavy atom. The number of hydrogen-bond acceptors (Lipinski definition) is 3. The topological polar surface area (TPSA) is 47.2 Å². The van der Waals surface area contributed by atoms with Gasteiger partial charge in [0.25, 0.3) is 0 Å². The van der Waals surface area contributed by atoms with E-state index in [1.54, 1.807) is 15.9 Å². The molecule has 104 valence electrons. The lowest BCUT2D eigenvalue weighted by atomic mass is 10.4. The number of hydrogen-bond donors (Lipinski definition) is 1. The molecule has 0 bridgehead atoms. The zero-order valence-electron chi connectivity index (χ0n) is 11.1. The van der Waals surface area contributed by atoms with Gasteiger partial charge in [-0.05, 0) is 25.0 Å². The van der Waals surface area contributed by atoms with Gasteiger partial charge in [0.05, 0.1) is 18.0 Å². The maximum absolute atomic E-state index is 12.1. The molecule has 0 aromatic carbocycles. The van der Waals surface area contributed by atoms with Gasteiger partial charge < -0.3 is 5.11 Å². The Labute approximate surface area is 121 Å². The molecule has 2 aromatic rings. The minimum atomic E-state index is 0.0776. The van der Waals surface area contributed by atoms with Gasteiger partial charge in [-0.2, -0.15) is 0 Å². The Balaban J connectivity index is 1.72. The van der Waals surface area contributed by atoms with Crippen molar-refractivity contribution in [1.29, 1.82) is 0 Å². The Hall–Kier alpha value is -1.77. The van der Waals surface area contributed by atoms with Crippen molar-refractivity contribution in [2.24, 2.45) is 0 Å². The molecule has 0 amide bonds. The van der Waals surface area contributed by atoms with E-state index in [1.165, 1.54) is 0 Å². The van der Waals surface area contributed by atoms with Gasteiger partial charge in [-0.1, -0.05) is 11.8 Å². The van der Waals surface area contributed by atoms with Crippen molar-refractivity contribution >= 4 is 11.3 Å². The first kappa shape index (κ1) is 13.2. The maximum Gasteiger partial charge on any atom is 0.328 e. The minimum Gasteiger partial charge on any atom is -0.395 e. The summed E-state index contributed by atoms with van der Waals surface area (Å²) in [6.45, 7) is 0.695. The van der Waals surface area contributed by atoms with Crippen molar-refractivity contribution < 1.29 is 5.11 Å². The van der Waals surface area contributed by atoms with E-state index in [0.717, 1.165) is 22.6 Å². The molecule has 0 atom stereocenters. The second-order valence-electron chi connectivity index (χ2n) is 4.89. The van der Waals surface area contributed by atoms with Crippen molar-refractivity contribution in [1.82, 2.24) is 9.13 Å². The zero-order chi connectivity index (χ0) is 13.9. The van der Waals surface area contributed by atoms with Crippen molar-refractivity contribution in [3.05, 3.63) is 44.8 Å². The van der Waals surface area contributed by atoms with Gasteiger partial charge in [-0.15, -0.1) is 11.3 Å². The fraction of sp³-hybridized carbons (Fsp3) is 0.400. The average molecular weight is 288 g/mol. The van der Waals surface area contributed by atoms with Crippen LogP contribution in [-0.4, -0.2) is 20.8 Å². The predicted molar refractivity (Wildman–Crippen MR) is 79.0 cm³/mol. The molecule has 2 aromatic heterocycles. The van der Waals surface area contributed by atoms with Crippen LogP contribution in [0.25, 0.3) is 0 Å². The van der Waals surface area contributed by atoms with Crippen molar-refractivity contribution in [3.8, 4) is 11.8 Å². The summed E-state index contributed by atoms with van der Waals surface area (Å²) in [5, 5.41) is 8.69. The lowest BCUT2D eigenvalue weighted by molar-refractivity contribution is 0.305. The first-order valence-electron chi connectivity index (χ1n) is 6.73. The van der Waals surface area contributed by atoms with Crippen molar-refractivity contribution in [2.75, 3.05) is 6.61 Å². The molecule has 1 aliphatic rings. The highest BCUT2D eigenvalue weighted by molar-refractivity contribution is 7.12. The molecule has 0 spiro atoms. The van der Waals surface area contributed by atoms with Crippen LogP contribution in [0.4, 0.5) is 0 Å². The van der Waals surface area contributed by atoms with Crippen LogP contribution < -0.4 is 5.69 Å². The molecular weight excluding hydrogens is 272 g/mol. The predicted octanol–water partition coefficient (Wildman–Crippen LogP) is 1.83. The fourth-order valence-electron chi connectivity index (χ4n) is 2.08. The van der Waals surface area contributed by atoms with Gasteiger partial charge >= 0.3 is 5.69 Å². The number of aliphatic hydroxyl groups excluding tert-OH is 1. The molecule has 2 heterocycles. The van der Waals surface area contributed by atoms with Gasteiger partial charge in [-0.3, -0.25) is 9.13 Å². The van der Waals surface area contributed by atoms with Crippen molar-refractivity contribution in [3.63, 3.8) is 0 Å². The van der Waals surface area contributed by atoms with E-state index in [9.17, 15) is 4.79 Å². The fourth-order valence-corrected chi connectivity index (χ4v) is 2.96. The van der Waals surface area contributed by atoms with Crippen LogP contribution in [0.15, 0.2) is 29.3 Å². The summed E-state index contributed by atoms with van der Waals surface area (Å²) >= 11 is 1.60. The Morgan fingerprint density at radius 1 is 1.35 bits per heavy atom. The summed E-state index contributed by atoms with van der Waals surface area (Å²) in [6.07, 6.45) is 6.48. The van der Waals surface area contributed by atoms with E-state index < -0.39 is 0 Å². The lowest BCUT2D eigenvalue weighted by Crippen LogP contribution is -2.23. The largest absolute Gasteiger partial charge is 0.395 e. The maximum atomic E-state index is 12.1. The second kappa shape index (κ2) is 5.70. The third kappa shape index (κ3) is 2.87. The van der Waals surface area contributed by atoms with Crippen LogP contribution in [-0.2, 0) is 6.54 Å². The summed E-state index contributed by atoms with van der Waals surface area (Å²) in [5.74, 6) is 5.92. The first-order chi connectivity index (χ1) is 9.78. The average Bonchev–Trinajstić information content (AvgIpc) is 3.09. The smallest absolute Gasteiger partial charge is 0.328 e. The minimum absolute atomic E-state index is 0.0776. The van der Waals surface area contributed by atoms with Gasteiger partial charge in [0.1, 0.15) is 0 Å². The van der Waals surface area contributed by atoms with Gasteiger partial charge in [0.2, 0.25) is 0 Å². The highest BCUT2D eigenvalue weighted by atomic mass is 32.1. The van der Waals surface area contributed by atoms with Crippen LogP contribution in [0.5, 0.6) is 0 Å². The van der Waals surface area contributed by atoms with Crippen LogP contribution >= 0.6 is 11.3 Å². The first-order valence-corrected chi connectivity index (χ1v) is 7.55. The quantitative estimate of drug-likeness (QED) is 0.873. The third-order valence-electron chi connectivity index (χ3n) is 3.25. The van der Waals surface area contributed by atoms with Gasteiger partial charge in [0.15, 0.2) is 0 Å². The monoisotopic (exact) mass is 288 g/mol. The zero-order valence-corrected chi connectivity index (χ0v) is 11.9. The van der Waals surface area contributed by atoms with Crippen LogP contribution in [0.3, 0.4) is 0 Å². The molecule has 1 aliphatic carbocycles. The molecule has 5 heteroatoms. The molecule has 1 fully saturated rings. The lowest BCUT2D eigenvalue weighted by Gasteiger charge is -1.98.